The molecular formula is C14H24N4. The summed E-state index contributed by atoms with van der Waals surface area (Å²) in [5, 5.41) is 3.52. The van der Waals surface area contributed by atoms with Gasteiger partial charge in [0.05, 0.1) is 0 Å². The number of nitrogens with one attached hydrogen (secondary N) is 1. The van der Waals surface area contributed by atoms with Gasteiger partial charge in [0, 0.05) is 18.5 Å². The topological polar surface area (TPSA) is 63.8 Å². The van der Waals surface area contributed by atoms with E-state index in [9.17, 15) is 0 Å². The highest BCUT2D eigenvalue weighted by atomic mass is 15.1. The molecule has 1 aliphatic rings. The molecule has 0 amide bonds. The quantitative estimate of drug-likeness (QED) is 0.859. The molecule has 2 unspecified atom stereocenters. The second-order valence-electron chi connectivity index (χ2n) is 5.46. The summed E-state index contributed by atoms with van der Waals surface area (Å²) in [5.74, 6) is 3.12. The lowest BCUT2D eigenvalue weighted by atomic mass is 9.87. The smallest absolute Gasteiger partial charge is 0.133 e. The largest absolute Gasteiger partial charge is 0.384 e. The van der Waals surface area contributed by atoms with Crippen LogP contribution in [-0.2, 0) is 6.42 Å². The molecule has 4 heteroatoms. The maximum atomic E-state index is 5.83. The Labute approximate surface area is 109 Å². The van der Waals surface area contributed by atoms with E-state index in [1.165, 1.54) is 25.7 Å². The van der Waals surface area contributed by atoms with Crippen molar-refractivity contribution in [1.82, 2.24) is 9.97 Å². The predicted molar refractivity (Wildman–Crippen MR) is 75.5 cm³/mol. The van der Waals surface area contributed by atoms with Crippen LogP contribution in [0.25, 0.3) is 0 Å². The molecular weight excluding hydrogens is 224 g/mol. The van der Waals surface area contributed by atoms with Crippen molar-refractivity contribution >= 4 is 11.6 Å². The van der Waals surface area contributed by atoms with Gasteiger partial charge in [0.2, 0.25) is 0 Å². The Hall–Kier alpha value is -1.32. The summed E-state index contributed by atoms with van der Waals surface area (Å²) < 4.78 is 0. The van der Waals surface area contributed by atoms with Gasteiger partial charge >= 0.3 is 0 Å². The van der Waals surface area contributed by atoms with E-state index in [2.05, 4.69) is 29.1 Å². The summed E-state index contributed by atoms with van der Waals surface area (Å²) in [6.07, 6.45) is 7.06. The van der Waals surface area contributed by atoms with Crippen molar-refractivity contribution in [3.8, 4) is 0 Å². The summed E-state index contributed by atoms with van der Waals surface area (Å²) in [4.78, 5) is 8.80. The molecule has 18 heavy (non-hydrogen) atoms. The van der Waals surface area contributed by atoms with Crippen molar-refractivity contribution in [2.24, 2.45) is 5.92 Å². The highest BCUT2D eigenvalue weighted by Gasteiger charge is 2.19. The molecule has 100 valence electrons. The molecule has 0 bridgehead atoms. The summed E-state index contributed by atoms with van der Waals surface area (Å²) in [7, 11) is 0. The summed E-state index contributed by atoms with van der Waals surface area (Å²) in [6, 6.07) is 2.39. The van der Waals surface area contributed by atoms with Crippen LogP contribution in [0, 0.1) is 5.92 Å². The highest BCUT2D eigenvalue weighted by Crippen LogP contribution is 2.26. The van der Waals surface area contributed by atoms with Crippen molar-refractivity contribution in [1.29, 1.82) is 0 Å². The van der Waals surface area contributed by atoms with Gasteiger partial charge in [-0.1, -0.05) is 26.7 Å². The van der Waals surface area contributed by atoms with Gasteiger partial charge in [-0.2, -0.15) is 0 Å². The SMILES string of the molecule is CCCc1nc(N)cc(NC2CCCC(C)C2)n1. The van der Waals surface area contributed by atoms with Gasteiger partial charge in [0.15, 0.2) is 0 Å². The number of nitrogens with zero attached hydrogens (tertiary/aromatic N) is 2. The molecule has 1 heterocycles. The van der Waals surface area contributed by atoms with Crippen molar-refractivity contribution in [2.75, 3.05) is 11.1 Å². The number of anilines is 2. The van der Waals surface area contributed by atoms with Crippen molar-refractivity contribution < 1.29 is 0 Å². The van der Waals surface area contributed by atoms with E-state index in [1.54, 1.807) is 0 Å². The Morgan fingerprint density at radius 1 is 1.39 bits per heavy atom. The first kappa shape index (κ1) is 13.1. The fraction of sp³-hybridized carbons (Fsp3) is 0.714. The van der Waals surface area contributed by atoms with Crippen molar-refractivity contribution in [3.63, 3.8) is 0 Å². The summed E-state index contributed by atoms with van der Waals surface area (Å²) >= 11 is 0. The predicted octanol–water partition coefficient (Wildman–Crippen LogP) is 3.00. The zero-order valence-electron chi connectivity index (χ0n) is 11.4. The fourth-order valence-corrected chi connectivity index (χ4v) is 2.70. The van der Waals surface area contributed by atoms with E-state index in [0.29, 0.717) is 11.9 Å². The van der Waals surface area contributed by atoms with E-state index in [4.69, 9.17) is 5.73 Å². The molecule has 1 aliphatic carbocycles. The lowest BCUT2D eigenvalue weighted by Crippen LogP contribution is -2.26. The second-order valence-corrected chi connectivity index (χ2v) is 5.46. The van der Waals surface area contributed by atoms with Crippen LogP contribution >= 0.6 is 0 Å². The molecule has 2 atom stereocenters. The highest BCUT2D eigenvalue weighted by molar-refractivity contribution is 5.45. The van der Waals surface area contributed by atoms with E-state index < -0.39 is 0 Å². The number of hydrogen-bond donors (Lipinski definition) is 2. The van der Waals surface area contributed by atoms with Crippen LogP contribution < -0.4 is 11.1 Å². The van der Waals surface area contributed by atoms with Crippen molar-refractivity contribution in [3.05, 3.63) is 11.9 Å². The van der Waals surface area contributed by atoms with E-state index in [0.717, 1.165) is 30.4 Å². The normalized spacial score (nSPS) is 23.9. The lowest BCUT2D eigenvalue weighted by molar-refractivity contribution is 0.358. The number of nitrogens with two attached hydrogens (primary N) is 1. The van der Waals surface area contributed by atoms with E-state index in [1.807, 2.05) is 6.07 Å². The van der Waals surface area contributed by atoms with Crippen molar-refractivity contribution in [2.45, 2.75) is 58.4 Å². The van der Waals surface area contributed by atoms with Gasteiger partial charge in [-0.3, -0.25) is 0 Å². The van der Waals surface area contributed by atoms with Gasteiger partial charge < -0.3 is 11.1 Å². The molecule has 0 aromatic carbocycles. The monoisotopic (exact) mass is 248 g/mol. The molecule has 1 fully saturated rings. The van der Waals surface area contributed by atoms with Crippen LogP contribution in [0.5, 0.6) is 0 Å². The number of hydrogen-bond acceptors (Lipinski definition) is 4. The molecule has 3 N–H and O–H groups in total. The zero-order valence-corrected chi connectivity index (χ0v) is 11.4. The van der Waals surface area contributed by atoms with Gasteiger partial charge in [0.1, 0.15) is 17.5 Å². The minimum Gasteiger partial charge on any atom is -0.384 e. The molecule has 0 saturated heterocycles. The lowest BCUT2D eigenvalue weighted by Gasteiger charge is -2.28. The number of rotatable bonds is 4. The molecule has 4 nitrogen and oxygen atoms in total. The number of nitrogen functional groups attached to an aromatic ring is 1. The molecule has 1 aromatic heterocycles. The van der Waals surface area contributed by atoms with E-state index in [-0.39, 0.29) is 0 Å². The minimum absolute atomic E-state index is 0.539. The summed E-state index contributed by atoms with van der Waals surface area (Å²) in [5.41, 5.74) is 5.83. The molecule has 0 aliphatic heterocycles. The minimum atomic E-state index is 0.539. The third kappa shape index (κ3) is 3.59. The Bertz CT molecular complexity index is 391. The first-order valence-electron chi connectivity index (χ1n) is 7.07. The molecule has 0 spiro atoms. The number of aryl methyl sites for hydroxylation is 1. The standard InChI is InChI=1S/C14H24N4/c1-3-5-13-17-12(15)9-14(18-13)16-11-7-4-6-10(2)8-11/h9-11H,3-8H2,1-2H3,(H3,15,16,17,18). The first-order valence-corrected chi connectivity index (χ1v) is 7.07. The summed E-state index contributed by atoms with van der Waals surface area (Å²) in [6.45, 7) is 4.45. The van der Waals surface area contributed by atoms with Gasteiger partial charge in [0.25, 0.3) is 0 Å². The fourth-order valence-electron chi connectivity index (χ4n) is 2.70. The first-order chi connectivity index (χ1) is 8.67. The third-order valence-corrected chi connectivity index (χ3v) is 3.55. The second kappa shape index (κ2) is 6.03. The molecule has 2 rings (SSSR count). The Balaban J connectivity index is 2.03. The third-order valence-electron chi connectivity index (χ3n) is 3.55. The van der Waals surface area contributed by atoms with Crippen LogP contribution in [0.2, 0.25) is 0 Å². The van der Waals surface area contributed by atoms with Crippen LogP contribution in [0.15, 0.2) is 6.07 Å². The Morgan fingerprint density at radius 3 is 2.94 bits per heavy atom. The molecule has 1 saturated carbocycles. The van der Waals surface area contributed by atoms with Crippen LogP contribution in [0.1, 0.15) is 51.8 Å². The maximum absolute atomic E-state index is 5.83. The number of aromatic nitrogens is 2. The molecule has 1 aromatic rings. The van der Waals surface area contributed by atoms with Crippen LogP contribution in [0.3, 0.4) is 0 Å². The Kier molecular flexibility index (Phi) is 4.39. The van der Waals surface area contributed by atoms with Crippen LogP contribution in [0.4, 0.5) is 11.6 Å². The average Bonchev–Trinajstić information content (AvgIpc) is 2.28. The van der Waals surface area contributed by atoms with Crippen LogP contribution in [-0.4, -0.2) is 16.0 Å². The van der Waals surface area contributed by atoms with Gasteiger partial charge in [-0.25, -0.2) is 9.97 Å². The van der Waals surface area contributed by atoms with Gasteiger partial charge in [-0.05, 0) is 25.2 Å². The van der Waals surface area contributed by atoms with Gasteiger partial charge in [-0.15, -0.1) is 0 Å². The Morgan fingerprint density at radius 2 is 2.22 bits per heavy atom. The zero-order chi connectivity index (χ0) is 13.0. The maximum Gasteiger partial charge on any atom is 0.133 e. The molecule has 0 radical (unpaired) electrons. The van der Waals surface area contributed by atoms with E-state index >= 15 is 0 Å². The average molecular weight is 248 g/mol.